The van der Waals surface area contributed by atoms with E-state index in [1.165, 1.54) is 0 Å². The minimum absolute atomic E-state index is 0.192. The van der Waals surface area contributed by atoms with Crippen molar-refractivity contribution in [1.29, 1.82) is 0 Å². The van der Waals surface area contributed by atoms with Gasteiger partial charge in [-0.3, -0.25) is 0 Å². The van der Waals surface area contributed by atoms with Crippen LogP contribution in [0.1, 0.15) is 12.1 Å². The van der Waals surface area contributed by atoms with E-state index >= 15 is 0 Å². The quantitative estimate of drug-likeness (QED) is 0.884. The molecule has 0 bridgehead atoms. The Labute approximate surface area is 123 Å². The standard InChI is InChI=1S/C15H18N4O2/c1-11-6-9-19(17-11)14-5-3-2-4-13(14)16-15(21)18-8-7-12(20)10-18/h2-6,9,12,20H,7-8,10H2,1H3,(H,16,21)/t12-/m1/s1. The second-order valence-electron chi connectivity index (χ2n) is 5.24. The summed E-state index contributed by atoms with van der Waals surface area (Å²) in [6, 6.07) is 9.24. The molecule has 1 aliphatic heterocycles. The zero-order valence-corrected chi connectivity index (χ0v) is 11.9. The van der Waals surface area contributed by atoms with Crippen LogP contribution in [0, 0.1) is 6.92 Å². The van der Waals surface area contributed by atoms with Crippen LogP contribution < -0.4 is 5.32 Å². The van der Waals surface area contributed by atoms with Crippen molar-refractivity contribution in [1.82, 2.24) is 14.7 Å². The van der Waals surface area contributed by atoms with Crippen LogP contribution in [0.25, 0.3) is 5.69 Å². The molecule has 2 amide bonds. The molecule has 2 aromatic rings. The zero-order valence-electron chi connectivity index (χ0n) is 11.9. The molecule has 0 saturated carbocycles. The highest BCUT2D eigenvalue weighted by molar-refractivity contribution is 5.91. The summed E-state index contributed by atoms with van der Waals surface area (Å²) < 4.78 is 1.74. The van der Waals surface area contributed by atoms with Crippen LogP contribution in [0.5, 0.6) is 0 Å². The van der Waals surface area contributed by atoms with Crippen molar-refractivity contribution in [3.05, 3.63) is 42.2 Å². The number of amides is 2. The molecule has 1 saturated heterocycles. The van der Waals surface area contributed by atoms with Crippen LogP contribution >= 0.6 is 0 Å². The number of urea groups is 1. The van der Waals surface area contributed by atoms with E-state index in [1.807, 2.05) is 43.5 Å². The van der Waals surface area contributed by atoms with E-state index in [2.05, 4.69) is 10.4 Å². The number of para-hydroxylation sites is 2. The lowest BCUT2D eigenvalue weighted by molar-refractivity contribution is 0.176. The molecular formula is C15H18N4O2. The molecule has 2 N–H and O–H groups in total. The number of aromatic nitrogens is 2. The second-order valence-corrected chi connectivity index (χ2v) is 5.24. The average Bonchev–Trinajstić information content (AvgIpc) is 3.08. The lowest BCUT2D eigenvalue weighted by Gasteiger charge is -2.18. The third kappa shape index (κ3) is 2.90. The maximum Gasteiger partial charge on any atom is 0.321 e. The Morgan fingerprint density at radius 3 is 2.86 bits per heavy atom. The number of nitrogens with one attached hydrogen (secondary N) is 1. The zero-order chi connectivity index (χ0) is 14.8. The Morgan fingerprint density at radius 1 is 1.38 bits per heavy atom. The van der Waals surface area contributed by atoms with Gasteiger partial charge in [-0.25, -0.2) is 9.48 Å². The van der Waals surface area contributed by atoms with Crippen molar-refractivity contribution in [3.8, 4) is 5.69 Å². The minimum atomic E-state index is -0.417. The van der Waals surface area contributed by atoms with E-state index in [1.54, 1.807) is 9.58 Å². The Hall–Kier alpha value is -2.34. The van der Waals surface area contributed by atoms with Crippen LogP contribution in [0.4, 0.5) is 10.5 Å². The predicted octanol–water partition coefficient (Wildman–Crippen LogP) is 1.78. The number of aliphatic hydroxyl groups excluding tert-OH is 1. The number of benzene rings is 1. The van der Waals surface area contributed by atoms with Gasteiger partial charge in [0.05, 0.1) is 23.2 Å². The van der Waals surface area contributed by atoms with E-state index in [0.717, 1.165) is 11.4 Å². The predicted molar refractivity (Wildman–Crippen MR) is 79.5 cm³/mol. The van der Waals surface area contributed by atoms with Gasteiger partial charge in [0.15, 0.2) is 0 Å². The fourth-order valence-electron chi connectivity index (χ4n) is 2.45. The molecule has 1 fully saturated rings. The summed E-state index contributed by atoms with van der Waals surface area (Å²) in [6.07, 6.45) is 2.08. The SMILES string of the molecule is Cc1ccn(-c2ccccc2NC(=O)N2CC[C@@H](O)C2)n1. The molecule has 0 aliphatic carbocycles. The monoisotopic (exact) mass is 286 g/mol. The first-order valence-electron chi connectivity index (χ1n) is 6.99. The molecule has 110 valence electrons. The molecular weight excluding hydrogens is 268 g/mol. The fourth-order valence-corrected chi connectivity index (χ4v) is 2.45. The van der Waals surface area contributed by atoms with Gasteiger partial charge in [-0.1, -0.05) is 12.1 Å². The number of carbonyl (C=O) groups excluding carboxylic acids is 1. The van der Waals surface area contributed by atoms with Crippen molar-refractivity contribution in [2.75, 3.05) is 18.4 Å². The van der Waals surface area contributed by atoms with Gasteiger partial charge in [-0.2, -0.15) is 5.10 Å². The average molecular weight is 286 g/mol. The summed E-state index contributed by atoms with van der Waals surface area (Å²) in [5, 5.41) is 16.8. The van der Waals surface area contributed by atoms with Crippen LogP contribution in [0.3, 0.4) is 0 Å². The summed E-state index contributed by atoms with van der Waals surface area (Å²) >= 11 is 0. The third-order valence-corrected chi connectivity index (χ3v) is 3.57. The molecule has 1 aromatic carbocycles. The molecule has 3 rings (SSSR count). The first-order valence-corrected chi connectivity index (χ1v) is 6.99. The number of rotatable bonds is 2. The van der Waals surface area contributed by atoms with E-state index in [4.69, 9.17) is 0 Å². The Morgan fingerprint density at radius 2 is 2.19 bits per heavy atom. The molecule has 6 nitrogen and oxygen atoms in total. The maximum atomic E-state index is 12.2. The van der Waals surface area contributed by atoms with Gasteiger partial charge in [0.25, 0.3) is 0 Å². The topological polar surface area (TPSA) is 70.4 Å². The maximum absolute atomic E-state index is 12.2. The molecule has 1 aliphatic rings. The minimum Gasteiger partial charge on any atom is -0.391 e. The normalized spacial score (nSPS) is 18.0. The van der Waals surface area contributed by atoms with Crippen molar-refractivity contribution < 1.29 is 9.90 Å². The third-order valence-electron chi connectivity index (χ3n) is 3.57. The number of hydrogen-bond donors (Lipinski definition) is 2. The lowest BCUT2D eigenvalue weighted by Crippen LogP contribution is -2.33. The number of anilines is 1. The highest BCUT2D eigenvalue weighted by Crippen LogP contribution is 2.21. The molecule has 0 unspecified atom stereocenters. The number of nitrogens with zero attached hydrogens (tertiary/aromatic N) is 3. The number of likely N-dealkylation sites (tertiary alicyclic amines) is 1. The number of aryl methyl sites for hydroxylation is 1. The lowest BCUT2D eigenvalue weighted by atomic mass is 10.2. The van der Waals surface area contributed by atoms with Gasteiger partial charge in [0.1, 0.15) is 0 Å². The van der Waals surface area contributed by atoms with Crippen LogP contribution in [-0.2, 0) is 0 Å². The summed E-state index contributed by atoms with van der Waals surface area (Å²) in [6.45, 7) is 2.88. The summed E-state index contributed by atoms with van der Waals surface area (Å²) in [7, 11) is 0. The van der Waals surface area contributed by atoms with Crippen LogP contribution in [-0.4, -0.2) is 45.0 Å². The summed E-state index contributed by atoms with van der Waals surface area (Å²) in [4.78, 5) is 13.8. The van der Waals surface area contributed by atoms with Crippen molar-refractivity contribution in [2.45, 2.75) is 19.4 Å². The van der Waals surface area contributed by atoms with Gasteiger partial charge < -0.3 is 15.3 Å². The Bertz CT molecular complexity index is 653. The van der Waals surface area contributed by atoms with Crippen molar-refractivity contribution in [2.24, 2.45) is 0 Å². The van der Waals surface area contributed by atoms with Gasteiger partial charge in [-0.15, -0.1) is 0 Å². The first kappa shape index (κ1) is 13.6. The van der Waals surface area contributed by atoms with Crippen molar-refractivity contribution in [3.63, 3.8) is 0 Å². The van der Waals surface area contributed by atoms with Crippen LogP contribution in [0.2, 0.25) is 0 Å². The van der Waals surface area contributed by atoms with Gasteiger partial charge in [0.2, 0.25) is 0 Å². The molecule has 2 heterocycles. The molecule has 1 aromatic heterocycles. The van der Waals surface area contributed by atoms with Gasteiger partial charge in [0, 0.05) is 19.3 Å². The van der Waals surface area contributed by atoms with E-state index in [9.17, 15) is 9.90 Å². The highest BCUT2D eigenvalue weighted by Gasteiger charge is 2.24. The number of hydrogen-bond acceptors (Lipinski definition) is 3. The fraction of sp³-hybridized carbons (Fsp3) is 0.333. The number of β-amino-alcohol motifs (C(OH)–C–C–N with tert-alkyl or cyclic N) is 1. The van der Waals surface area contributed by atoms with E-state index in [-0.39, 0.29) is 6.03 Å². The second kappa shape index (κ2) is 5.57. The van der Waals surface area contributed by atoms with E-state index < -0.39 is 6.10 Å². The number of aliphatic hydroxyl groups is 1. The molecule has 0 radical (unpaired) electrons. The van der Waals surface area contributed by atoms with Gasteiger partial charge in [-0.05, 0) is 31.5 Å². The largest absolute Gasteiger partial charge is 0.391 e. The van der Waals surface area contributed by atoms with Crippen LogP contribution in [0.15, 0.2) is 36.5 Å². The number of carbonyl (C=O) groups is 1. The molecule has 21 heavy (non-hydrogen) atoms. The van der Waals surface area contributed by atoms with E-state index in [0.29, 0.717) is 25.2 Å². The van der Waals surface area contributed by atoms with Gasteiger partial charge >= 0.3 is 6.03 Å². The highest BCUT2D eigenvalue weighted by atomic mass is 16.3. The summed E-state index contributed by atoms with van der Waals surface area (Å²) in [5.74, 6) is 0. The van der Waals surface area contributed by atoms with Crippen molar-refractivity contribution >= 4 is 11.7 Å². The first-order chi connectivity index (χ1) is 10.1. The molecule has 0 spiro atoms. The summed E-state index contributed by atoms with van der Waals surface area (Å²) in [5.41, 5.74) is 2.43. The Balaban J connectivity index is 1.81. The molecule has 6 heteroatoms. The Kier molecular flexibility index (Phi) is 3.62. The smallest absolute Gasteiger partial charge is 0.321 e. The molecule has 1 atom stereocenters.